The van der Waals surface area contributed by atoms with Crippen LogP contribution in [0.4, 0.5) is 0 Å². The zero-order valence-electron chi connectivity index (χ0n) is 8.16. The molecular weight excluding hydrogens is 174 g/mol. The summed E-state index contributed by atoms with van der Waals surface area (Å²) in [5, 5.41) is 0. The Morgan fingerprint density at radius 1 is 1.58 bits per heavy atom. The van der Waals surface area contributed by atoms with E-state index < -0.39 is 11.2 Å². The van der Waals surface area contributed by atoms with Crippen LogP contribution in [0.1, 0.15) is 20.3 Å². The molecule has 0 aromatic rings. The Labute approximate surface area is 77.3 Å². The Kier molecular flexibility index (Phi) is 5.33. The highest BCUT2D eigenvalue weighted by Crippen LogP contribution is 1.99. The summed E-state index contributed by atoms with van der Waals surface area (Å²) in [5.74, 6) is 0.538. The molecule has 3 nitrogen and oxygen atoms in total. The summed E-state index contributed by atoms with van der Waals surface area (Å²) in [6.45, 7) is 3.92. The van der Waals surface area contributed by atoms with Gasteiger partial charge in [0, 0.05) is 13.1 Å². The summed E-state index contributed by atoms with van der Waals surface area (Å²) in [7, 11) is 1.77. The minimum absolute atomic E-state index is 0.0696. The van der Waals surface area contributed by atoms with Crippen LogP contribution in [0.3, 0.4) is 0 Å². The van der Waals surface area contributed by atoms with Crippen LogP contribution in [0.25, 0.3) is 0 Å². The van der Waals surface area contributed by atoms with Crippen molar-refractivity contribution in [3.63, 3.8) is 0 Å². The second kappa shape index (κ2) is 5.43. The van der Waals surface area contributed by atoms with E-state index in [1.807, 2.05) is 13.8 Å². The monoisotopic (exact) mass is 191 g/mol. The minimum atomic E-state index is -0.863. The molecule has 0 spiro atoms. The second-order valence-electron chi connectivity index (χ2n) is 3.13. The number of rotatable bonds is 4. The zero-order valence-corrected chi connectivity index (χ0v) is 8.98. The molecule has 0 rings (SSSR count). The lowest BCUT2D eigenvalue weighted by atomic mass is 10.3. The molecular formula is C8H17NO2S. The van der Waals surface area contributed by atoms with Crippen LogP contribution in [-0.4, -0.2) is 40.5 Å². The molecule has 4 heteroatoms. The molecule has 0 radical (unpaired) electrons. The SMILES string of the molecule is CC(C)N(C)C(=O)CC[S+](C)[O-]. The van der Waals surface area contributed by atoms with Gasteiger partial charge in [0.25, 0.3) is 0 Å². The lowest BCUT2D eigenvalue weighted by Gasteiger charge is -2.21. The first kappa shape index (κ1) is 11.8. The average Bonchev–Trinajstić information content (AvgIpc) is 1.98. The highest BCUT2D eigenvalue weighted by molar-refractivity contribution is 7.90. The first-order valence-corrected chi connectivity index (χ1v) is 5.73. The quantitative estimate of drug-likeness (QED) is 0.611. The maximum Gasteiger partial charge on any atom is 0.227 e. The van der Waals surface area contributed by atoms with Gasteiger partial charge in [0.1, 0.15) is 5.75 Å². The molecule has 0 N–H and O–H groups in total. The number of carbonyl (C=O) groups excluding carboxylic acids is 1. The molecule has 1 amide bonds. The van der Waals surface area contributed by atoms with Crippen LogP contribution < -0.4 is 0 Å². The Morgan fingerprint density at radius 3 is 2.42 bits per heavy atom. The van der Waals surface area contributed by atoms with Gasteiger partial charge in [0.2, 0.25) is 5.91 Å². The zero-order chi connectivity index (χ0) is 9.72. The maximum atomic E-state index is 11.3. The van der Waals surface area contributed by atoms with Gasteiger partial charge in [-0.25, -0.2) is 0 Å². The second-order valence-corrected chi connectivity index (χ2v) is 4.68. The highest BCUT2D eigenvalue weighted by atomic mass is 32.2. The molecule has 0 fully saturated rings. The molecule has 12 heavy (non-hydrogen) atoms. The average molecular weight is 191 g/mol. The molecule has 0 aliphatic rings. The Balaban J connectivity index is 3.72. The van der Waals surface area contributed by atoms with Crippen LogP contribution in [0.15, 0.2) is 0 Å². The van der Waals surface area contributed by atoms with Crippen LogP contribution in [0, 0.1) is 0 Å². The number of hydrogen-bond acceptors (Lipinski definition) is 2. The third-order valence-corrected chi connectivity index (χ3v) is 2.55. The first-order chi connectivity index (χ1) is 5.45. The van der Waals surface area contributed by atoms with E-state index in [0.29, 0.717) is 12.2 Å². The molecule has 1 atom stereocenters. The smallest absolute Gasteiger partial charge is 0.227 e. The largest absolute Gasteiger partial charge is 0.617 e. The molecule has 0 aliphatic carbocycles. The molecule has 0 heterocycles. The van der Waals surface area contributed by atoms with E-state index in [-0.39, 0.29) is 11.9 Å². The Hall–Kier alpha value is -0.220. The maximum absolute atomic E-state index is 11.3. The fourth-order valence-electron chi connectivity index (χ4n) is 0.695. The van der Waals surface area contributed by atoms with Gasteiger partial charge in [-0.1, -0.05) is 11.2 Å². The summed E-state index contributed by atoms with van der Waals surface area (Å²) in [5.41, 5.74) is 0. The molecule has 0 aliphatic heterocycles. The van der Waals surface area contributed by atoms with Crippen molar-refractivity contribution in [2.24, 2.45) is 0 Å². The lowest BCUT2D eigenvalue weighted by Crippen LogP contribution is -2.33. The molecule has 72 valence electrons. The van der Waals surface area contributed by atoms with Crippen molar-refractivity contribution in [1.82, 2.24) is 4.90 Å². The number of hydrogen-bond donors (Lipinski definition) is 0. The summed E-state index contributed by atoms with van der Waals surface area (Å²) >= 11 is -0.863. The van der Waals surface area contributed by atoms with E-state index >= 15 is 0 Å². The van der Waals surface area contributed by atoms with Gasteiger partial charge < -0.3 is 9.45 Å². The molecule has 0 aromatic heterocycles. The van der Waals surface area contributed by atoms with Crippen LogP contribution in [0.5, 0.6) is 0 Å². The number of carbonyl (C=O) groups is 1. The molecule has 0 aromatic carbocycles. The van der Waals surface area contributed by atoms with Gasteiger partial charge >= 0.3 is 0 Å². The van der Waals surface area contributed by atoms with E-state index in [4.69, 9.17) is 0 Å². The van der Waals surface area contributed by atoms with E-state index in [2.05, 4.69) is 0 Å². The van der Waals surface area contributed by atoms with Crippen molar-refractivity contribution >= 4 is 17.1 Å². The molecule has 0 bridgehead atoms. The highest BCUT2D eigenvalue weighted by Gasteiger charge is 2.13. The van der Waals surface area contributed by atoms with Gasteiger partial charge in [0.05, 0.1) is 12.7 Å². The molecule has 0 saturated heterocycles. The Bertz CT molecular complexity index is 148. The molecule has 1 unspecified atom stereocenters. The predicted molar refractivity (Wildman–Crippen MR) is 51.5 cm³/mol. The van der Waals surface area contributed by atoms with E-state index in [9.17, 15) is 9.35 Å². The number of amides is 1. The Morgan fingerprint density at radius 2 is 2.08 bits per heavy atom. The molecule has 0 saturated carbocycles. The van der Waals surface area contributed by atoms with E-state index in [1.54, 1.807) is 18.2 Å². The van der Waals surface area contributed by atoms with Gasteiger partial charge in [-0.15, -0.1) is 0 Å². The standard InChI is InChI=1S/C8H17NO2S/c1-7(2)9(3)8(10)5-6-12(4)11/h7H,5-6H2,1-4H3. The minimum Gasteiger partial charge on any atom is -0.617 e. The van der Waals surface area contributed by atoms with Gasteiger partial charge in [-0.05, 0) is 13.8 Å². The van der Waals surface area contributed by atoms with Gasteiger partial charge in [0.15, 0.2) is 0 Å². The van der Waals surface area contributed by atoms with Gasteiger partial charge in [-0.2, -0.15) is 0 Å². The fourth-order valence-corrected chi connectivity index (χ4v) is 1.16. The normalized spacial score (nSPS) is 13.2. The van der Waals surface area contributed by atoms with Crippen molar-refractivity contribution < 1.29 is 9.35 Å². The van der Waals surface area contributed by atoms with E-state index in [1.165, 1.54) is 0 Å². The lowest BCUT2D eigenvalue weighted by molar-refractivity contribution is -0.130. The third-order valence-electron chi connectivity index (χ3n) is 1.77. The van der Waals surface area contributed by atoms with Crippen molar-refractivity contribution in [3.05, 3.63) is 0 Å². The first-order valence-electron chi connectivity index (χ1n) is 4.00. The summed E-state index contributed by atoms with van der Waals surface area (Å²) in [6, 6.07) is 0.225. The van der Waals surface area contributed by atoms with Crippen LogP contribution in [-0.2, 0) is 16.0 Å². The number of nitrogens with zero attached hydrogens (tertiary/aromatic N) is 1. The van der Waals surface area contributed by atoms with Crippen molar-refractivity contribution in [3.8, 4) is 0 Å². The fraction of sp³-hybridized carbons (Fsp3) is 0.875. The summed E-state index contributed by atoms with van der Waals surface area (Å²) in [4.78, 5) is 13.0. The topological polar surface area (TPSA) is 43.4 Å². The van der Waals surface area contributed by atoms with Crippen molar-refractivity contribution in [2.75, 3.05) is 19.1 Å². The summed E-state index contributed by atoms with van der Waals surface area (Å²) < 4.78 is 10.7. The van der Waals surface area contributed by atoms with Crippen molar-refractivity contribution in [2.45, 2.75) is 26.3 Å². The van der Waals surface area contributed by atoms with Crippen LogP contribution in [0.2, 0.25) is 0 Å². The van der Waals surface area contributed by atoms with Gasteiger partial charge in [-0.3, -0.25) is 4.79 Å². The van der Waals surface area contributed by atoms with E-state index in [0.717, 1.165) is 0 Å². The third kappa shape index (κ3) is 4.62. The van der Waals surface area contributed by atoms with Crippen molar-refractivity contribution in [1.29, 1.82) is 0 Å². The predicted octanol–water partition coefficient (Wildman–Crippen LogP) is 0.622. The summed E-state index contributed by atoms with van der Waals surface area (Å²) in [6.07, 6.45) is 2.00. The van der Waals surface area contributed by atoms with Crippen LogP contribution >= 0.6 is 0 Å².